The molecule has 3 heteroatoms. The van der Waals surface area contributed by atoms with Gasteiger partial charge in [-0.2, -0.15) is 0 Å². The number of hydrogen-bond acceptors (Lipinski definition) is 3. The van der Waals surface area contributed by atoms with Gasteiger partial charge < -0.3 is 10.1 Å². The van der Waals surface area contributed by atoms with Crippen molar-refractivity contribution >= 4 is 11.3 Å². The van der Waals surface area contributed by atoms with E-state index in [-0.39, 0.29) is 0 Å². The second kappa shape index (κ2) is 5.98. The lowest BCUT2D eigenvalue weighted by Crippen LogP contribution is -2.27. The predicted molar refractivity (Wildman–Crippen MR) is 84.7 cm³/mol. The molecule has 0 fully saturated rings. The van der Waals surface area contributed by atoms with Crippen LogP contribution in [0.2, 0.25) is 0 Å². The molecule has 2 aromatic rings. The zero-order chi connectivity index (χ0) is 13.9. The van der Waals surface area contributed by atoms with Crippen molar-refractivity contribution in [2.24, 2.45) is 0 Å². The van der Waals surface area contributed by atoms with E-state index in [0.29, 0.717) is 6.04 Å². The summed E-state index contributed by atoms with van der Waals surface area (Å²) < 4.78 is 5.54. The van der Waals surface area contributed by atoms with Crippen LogP contribution in [0.15, 0.2) is 30.3 Å². The normalized spacial score (nSPS) is 14.9. The summed E-state index contributed by atoms with van der Waals surface area (Å²) in [5.74, 6) is 1.07. The molecule has 106 valence electrons. The monoisotopic (exact) mass is 287 g/mol. The molecule has 1 N–H and O–H groups in total. The Kier molecular flexibility index (Phi) is 4.08. The van der Waals surface area contributed by atoms with Crippen molar-refractivity contribution in [1.82, 2.24) is 5.32 Å². The zero-order valence-corrected chi connectivity index (χ0v) is 12.9. The van der Waals surface area contributed by atoms with Crippen molar-refractivity contribution in [2.45, 2.75) is 39.3 Å². The summed E-state index contributed by atoms with van der Waals surface area (Å²) in [4.78, 5) is 2.86. The van der Waals surface area contributed by atoms with Crippen molar-refractivity contribution in [3.63, 3.8) is 0 Å². The van der Waals surface area contributed by atoms with Gasteiger partial charge in [0.1, 0.15) is 5.75 Å². The molecule has 2 nitrogen and oxygen atoms in total. The highest BCUT2D eigenvalue weighted by atomic mass is 32.1. The Labute approximate surface area is 124 Å². The number of ether oxygens (including phenoxy) is 1. The molecular formula is C17H21NOS. The number of hydrogen-bond donors (Lipinski definition) is 1. The third-order valence-electron chi connectivity index (χ3n) is 3.71. The van der Waals surface area contributed by atoms with Gasteiger partial charge in [0.25, 0.3) is 0 Å². The van der Waals surface area contributed by atoms with Crippen LogP contribution in [0.3, 0.4) is 0 Å². The van der Waals surface area contributed by atoms with Gasteiger partial charge in [0, 0.05) is 28.8 Å². The summed E-state index contributed by atoms with van der Waals surface area (Å²) in [6, 6.07) is 11.5. The van der Waals surface area contributed by atoms with Crippen molar-refractivity contribution in [3.05, 3.63) is 51.2 Å². The third-order valence-corrected chi connectivity index (χ3v) is 4.73. The van der Waals surface area contributed by atoms with Crippen molar-refractivity contribution in [1.29, 1.82) is 0 Å². The van der Waals surface area contributed by atoms with E-state index < -0.39 is 0 Å². The fraction of sp³-hybridized carbons (Fsp3) is 0.412. The average Bonchev–Trinajstić information content (AvgIpc) is 3.04. The second-order valence-corrected chi connectivity index (χ2v) is 6.91. The van der Waals surface area contributed by atoms with Crippen LogP contribution in [-0.2, 0) is 19.4 Å². The zero-order valence-electron chi connectivity index (χ0n) is 12.1. The lowest BCUT2D eigenvalue weighted by molar-refractivity contribution is 0.357. The summed E-state index contributed by atoms with van der Waals surface area (Å²) in [7, 11) is 0. The quantitative estimate of drug-likeness (QED) is 0.905. The highest BCUT2D eigenvalue weighted by Gasteiger charge is 2.12. The van der Waals surface area contributed by atoms with Gasteiger partial charge in [-0.1, -0.05) is 12.1 Å². The minimum atomic E-state index is 0.498. The minimum Gasteiger partial charge on any atom is -0.493 e. The molecule has 0 radical (unpaired) electrons. The van der Waals surface area contributed by atoms with E-state index in [1.807, 2.05) is 11.3 Å². The number of benzene rings is 1. The first-order chi connectivity index (χ1) is 9.70. The van der Waals surface area contributed by atoms with E-state index in [1.54, 1.807) is 0 Å². The first kappa shape index (κ1) is 13.7. The molecule has 3 rings (SSSR count). The number of rotatable bonds is 5. The fourth-order valence-corrected chi connectivity index (χ4v) is 3.63. The Hall–Kier alpha value is -1.32. The van der Waals surface area contributed by atoms with E-state index in [4.69, 9.17) is 4.74 Å². The molecule has 0 aliphatic carbocycles. The highest BCUT2D eigenvalue weighted by molar-refractivity contribution is 7.11. The molecule has 0 saturated carbocycles. The van der Waals surface area contributed by atoms with Crippen LogP contribution in [0.25, 0.3) is 0 Å². The topological polar surface area (TPSA) is 21.3 Å². The summed E-state index contributed by atoms with van der Waals surface area (Å²) in [6.07, 6.45) is 2.15. The molecule has 1 aromatic carbocycles. The summed E-state index contributed by atoms with van der Waals surface area (Å²) >= 11 is 1.90. The first-order valence-electron chi connectivity index (χ1n) is 7.24. The molecule has 1 aliphatic heterocycles. The van der Waals surface area contributed by atoms with Crippen molar-refractivity contribution in [3.8, 4) is 5.75 Å². The predicted octanol–water partition coefficient (Wildman–Crippen LogP) is 3.71. The Balaban J connectivity index is 1.53. The van der Waals surface area contributed by atoms with E-state index in [2.05, 4.69) is 49.5 Å². The fourth-order valence-electron chi connectivity index (χ4n) is 2.61. The first-order valence-corrected chi connectivity index (χ1v) is 8.05. The molecule has 0 amide bonds. The maximum Gasteiger partial charge on any atom is 0.122 e. The van der Waals surface area contributed by atoms with E-state index in [1.165, 1.54) is 20.9 Å². The van der Waals surface area contributed by atoms with Gasteiger partial charge in [-0.05, 0) is 49.6 Å². The molecule has 0 saturated heterocycles. The van der Waals surface area contributed by atoms with Gasteiger partial charge in [0.05, 0.1) is 6.61 Å². The van der Waals surface area contributed by atoms with Gasteiger partial charge >= 0.3 is 0 Å². The lowest BCUT2D eigenvalue weighted by atomic mass is 10.1. The number of thiophene rings is 1. The molecule has 1 unspecified atom stereocenters. The summed E-state index contributed by atoms with van der Waals surface area (Å²) in [5, 5.41) is 3.61. The van der Waals surface area contributed by atoms with Gasteiger partial charge in [0.15, 0.2) is 0 Å². The van der Waals surface area contributed by atoms with Crippen LogP contribution in [0.5, 0.6) is 5.75 Å². The second-order valence-electron chi connectivity index (χ2n) is 5.54. The van der Waals surface area contributed by atoms with Gasteiger partial charge in [-0.25, -0.2) is 0 Å². The minimum absolute atomic E-state index is 0.498. The van der Waals surface area contributed by atoms with E-state index in [9.17, 15) is 0 Å². The van der Waals surface area contributed by atoms with E-state index in [0.717, 1.165) is 31.7 Å². The van der Waals surface area contributed by atoms with Crippen LogP contribution >= 0.6 is 11.3 Å². The van der Waals surface area contributed by atoms with Crippen LogP contribution in [0.1, 0.15) is 27.8 Å². The van der Waals surface area contributed by atoms with Gasteiger partial charge in [-0.15, -0.1) is 11.3 Å². The Morgan fingerprint density at radius 2 is 2.20 bits per heavy atom. The van der Waals surface area contributed by atoms with Crippen molar-refractivity contribution in [2.75, 3.05) is 6.61 Å². The number of fused-ring (bicyclic) bond motifs is 1. The number of aryl methyl sites for hydroxylation is 1. The van der Waals surface area contributed by atoms with Crippen LogP contribution < -0.4 is 10.1 Å². The SMILES string of the molecule is Cc1ccc(CC(C)NCc2ccc3c(c2)CCO3)s1. The molecule has 0 spiro atoms. The molecule has 20 heavy (non-hydrogen) atoms. The number of nitrogens with one attached hydrogen (secondary N) is 1. The van der Waals surface area contributed by atoms with Crippen LogP contribution in [0.4, 0.5) is 0 Å². The van der Waals surface area contributed by atoms with Crippen LogP contribution in [-0.4, -0.2) is 12.6 Å². The Bertz CT molecular complexity index is 590. The summed E-state index contributed by atoms with van der Waals surface area (Å²) in [6.45, 7) is 6.18. The smallest absolute Gasteiger partial charge is 0.122 e. The Morgan fingerprint density at radius 1 is 1.30 bits per heavy atom. The molecule has 2 heterocycles. The lowest BCUT2D eigenvalue weighted by Gasteiger charge is -2.13. The maximum atomic E-state index is 5.54. The van der Waals surface area contributed by atoms with Gasteiger partial charge in [-0.3, -0.25) is 0 Å². The third kappa shape index (κ3) is 3.22. The standard InChI is InChI=1S/C17H21NOS/c1-12(9-16-5-3-13(2)20-16)18-11-14-4-6-17-15(10-14)7-8-19-17/h3-6,10,12,18H,7-9,11H2,1-2H3. The van der Waals surface area contributed by atoms with Crippen LogP contribution in [0, 0.1) is 6.92 Å². The van der Waals surface area contributed by atoms with Crippen molar-refractivity contribution < 1.29 is 4.74 Å². The Morgan fingerprint density at radius 3 is 3.00 bits per heavy atom. The molecule has 1 aliphatic rings. The summed E-state index contributed by atoms with van der Waals surface area (Å²) in [5.41, 5.74) is 2.70. The maximum absolute atomic E-state index is 5.54. The largest absolute Gasteiger partial charge is 0.493 e. The van der Waals surface area contributed by atoms with Gasteiger partial charge in [0.2, 0.25) is 0 Å². The molecular weight excluding hydrogens is 266 g/mol. The molecule has 1 aromatic heterocycles. The average molecular weight is 287 g/mol. The molecule has 1 atom stereocenters. The highest BCUT2D eigenvalue weighted by Crippen LogP contribution is 2.25. The molecule has 0 bridgehead atoms. The van der Waals surface area contributed by atoms with E-state index >= 15 is 0 Å².